The maximum Gasteiger partial charge on any atom is 0.0534 e. The second-order valence-electron chi connectivity index (χ2n) is 6.46. The molecule has 0 saturated carbocycles. The normalized spacial score (nSPS) is 31.2. The molecule has 0 aromatic rings. The van der Waals surface area contributed by atoms with Gasteiger partial charge < -0.3 is 15.4 Å². The van der Waals surface area contributed by atoms with Gasteiger partial charge >= 0.3 is 0 Å². The quantitative estimate of drug-likeness (QED) is 0.828. The highest BCUT2D eigenvalue weighted by Crippen LogP contribution is 2.37. The zero-order chi connectivity index (χ0) is 11.6. The van der Waals surface area contributed by atoms with E-state index in [1.54, 1.807) is 0 Å². The Labute approximate surface area is 111 Å². The van der Waals surface area contributed by atoms with Gasteiger partial charge in [0.25, 0.3) is 0 Å². The molecule has 2 aliphatic heterocycles. The fourth-order valence-corrected chi connectivity index (χ4v) is 3.25. The molecule has 2 N–H and O–H groups in total. The summed E-state index contributed by atoms with van der Waals surface area (Å²) in [6.45, 7) is 9.57. The third-order valence-corrected chi connectivity index (χ3v) is 3.78. The summed E-state index contributed by atoms with van der Waals surface area (Å²) in [4.78, 5) is 2.54. The second-order valence-corrected chi connectivity index (χ2v) is 6.46. The molecule has 3 nitrogen and oxygen atoms in total. The molecule has 4 heteroatoms. The average Bonchev–Trinajstić information content (AvgIpc) is 2.16. The predicted octanol–water partition coefficient (Wildman–Crippen LogP) is 2.04. The van der Waals surface area contributed by atoms with Crippen LogP contribution in [0.15, 0.2) is 0 Å². The third-order valence-electron chi connectivity index (χ3n) is 3.78. The topological polar surface area (TPSA) is 38.5 Å². The highest BCUT2D eigenvalue weighted by Gasteiger charge is 2.37. The fraction of sp³-hybridized carbons (Fsp3) is 1.00. The monoisotopic (exact) mass is 262 g/mol. The van der Waals surface area contributed by atoms with Crippen molar-refractivity contribution in [1.82, 2.24) is 4.90 Å². The van der Waals surface area contributed by atoms with Gasteiger partial charge in [0.05, 0.1) is 6.61 Å². The Balaban J connectivity index is 0.00000144. The van der Waals surface area contributed by atoms with Crippen LogP contribution in [0, 0.1) is 5.41 Å². The van der Waals surface area contributed by atoms with Crippen molar-refractivity contribution in [2.24, 2.45) is 11.1 Å². The van der Waals surface area contributed by atoms with E-state index in [0.717, 1.165) is 19.8 Å². The van der Waals surface area contributed by atoms with Crippen LogP contribution < -0.4 is 5.73 Å². The first kappa shape index (κ1) is 15.2. The first-order chi connectivity index (χ1) is 7.49. The smallest absolute Gasteiger partial charge is 0.0534 e. The van der Waals surface area contributed by atoms with E-state index in [0.29, 0.717) is 5.41 Å². The van der Waals surface area contributed by atoms with Gasteiger partial charge in [0.15, 0.2) is 0 Å². The van der Waals surface area contributed by atoms with E-state index in [9.17, 15) is 0 Å². The van der Waals surface area contributed by atoms with Crippen LogP contribution in [-0.2, 0) is 4.74 Å². The van der Waals surface area contributed by atoms with Gasteiger partial charge in [0.1, 0.15) is 0 Å². The zero-order valence-electron chi connectivity index (χ0n) is 11.2. The van der Waals surface area contributed by atoms with Crippen molar-refractivity contribution in [2.45, 2.75) is 45.1 Å². The first-order valence-electron chi connectivity index (χ1n) is 6.58. The van der Waals surface area contributed by atoms with Crippen LogP contribution >= 0.6 is 12.4 Å². The molecule has 2 saturated heterocycles. The van der Waals surface area contributed by atoms with E-state index in [2.05, 4.69) is 18.7 Å². The van der Waals surface area contributed by atoms with E-state index in [1.165, 1.54) is 38.8 Å². The number of nitrogens with two attached hydrogens (primary N) is 1. The molecule has 102 valence electrons. The van der Waals surface area contributed by atoms with Crippen molar-refractivity contribution >= 4 is 12.4 Å². The van der Waals surface area contributed by atoms with Gasteiger partial charge in [0, 0.05) is 30.7 Å². The van der Waals surface area contributed by atoms with Crippen molar-refractivity contribution in [3.63, 3.8) is 0 Å². The molecule has 0 aliphatic carbocycles. The molecule has 2 aliphatic rings. The van der Waals surface area contributed by atoms with E-state index >= 15 is 0 Å². The van der Waals surface area contributed by atoms with Crippen molar-refractivity contribution < 1.29 is 4.74 Å². The van der Waals surface area contributed by atoms with E-state index < -0.39 is 0 Å². The third kappa shape index (κ3) is 4.40. The minimum atomic E-state index is -0.0753. The number of ether oxygens (including phenoxy) is 1. The fourth-order valence-electron chi connectivity index (χ4n) is 3.25. The lowest BCUT2D eigenvalue weighted by Crippen LogP contribution is -2.53. The lowest BCUT2D eigenvalue weighted by atomic mass is 9.75. The van der Waals surface area contributed by atoms with Crippen LogP contribution in [0.4, 0.5) is 0 Å². The van der Waals surface area contributed by atoms with Crippen molar-refractivity contribution in [3.05, 3.63) is 0 Å². The maximum absolute atomic E-state index is 6.11. The maximum atomic E-state index is 6.11. The summed E-state index contributed by atoms with van der Waals surface area (Å²) >= 11 is 0. The Morgan fingerprint density at radius 3 is 2.59 bits per heavy atom. The molecule has 0 aromatic carbocycles. The number of rotatable bonds is 2. The number of hydrogen-bond acceptors (Lipinski definition) is 3. The number of piperidine rings is 1. The number of hydrogen-bond donors (Lipinski definition) is 1. The summed E-state index contributed by atoms with van der Waals surface area (Å²) in [5.41, 5.74) is 6.48. The minimum absolute atomic E-state index is 0. The summed E-state index contributed by atoms with van der Waals surface area (Å²) in [5.74, 6) is 0. The van der Waals surface area contributed by atoms with E-state index in [-0.39, 0.29) is 17.9 Å². The van der Waals surface area contributed by atoms with Gasteiger partial charge in [-0.25, -0.2) is 0 Å². The summed E-state index contributed by atoms with van der Waals surface area (Å²) in [6, 6.07) is 0. The molecular weight excluding hydrogens is 236 g/mol. The lowest BCUT2D eigenvalue weighted by molar-refractivity contribution is -0.0514. The minimum Gasteiger partial charge on any atom is -0.381 e. The van der Waals surface area contributed by atoms with Crippen molar-refractivity contribution in [2.75, 3.05) is 32.8 Å². The van der Waals surface area contributed by atoms with Crippen molar-refractivity contribution in [1.29, 1.82) is 0 Å². The molecule has 1 atom stereocenters. The molecule has 0 amide bonds. The summed E-state index contributed by atoms with van der Waals surface area (Å²) in [5, 5.41) is 0. The van der Waals surface area contributed by atoms with Gasteiger partial charge in [-0.2, -0.15) is 0 Å². The molecule has 0 aromatic heterocycles. The molecule has 2 rings (SSSR count). The summed E-state index contributed by atoms with van der Waals surface area (Å²) in [6.07, 6.45) is 5.22. The molecule has 0 radical (unpaired) electrons. The standard InChI is InChI=1S/C13H26N2O.ClH/c1-12(2,14)9-15-7-3-5-13(10-15)6-4-8-16-11-13;/h3-11,14H2,1-2H3;1H. The Kier molecular flexibility index (Phi) is 5.26. The summed E-state index contributed by atoms with van der Waals surface area (Å²) in [7, 11) is 0. The first-order valence-corrected chi connectivity index (χ1v) is 6.58. The second kappa shape index (κ2) is 5.87. The molecule has 2 fully saturated rings. The van der Waals surface area contributed by atoms with Gasteiger partial charge in [-0.3, -0.25) is 0 Å². The Morgan fingerprint density at radius 1 is 1.29 bits per heavy atom. The van der Waals surface area contributed by atoms with E-state index in [4.69, 9.17) is 10.5 Å². The van der Waals surface area contributed by atoms with Gasteiger partial charge in [-0.1, -0.05) is 0 Å². The molecule has 1 spiro atoms. The SMILES string of the molecule is CC(C)(N)CN1CCCC2(CCCOC2)C1.Cl. The average molecular weight is 263 g/mol. The van der Waals surface area contributed by atoms with Crippen LogP contribution in [0.25, 0.3) is 0 Å². The molecule has 1 unspecified atom stereocenters. The molecule has 0 bridgehead atoms. The molecule has 2 heterocycles. The van der Waals surface area contributed by atoms with Crippen LogP contribution in [0.2, 0.25) is 0 Å². The number of nitrogens with zero attached hydrogens (tertiary/aromatic N) is 1. The Morgan fingerprint density at radius 2 is 2.00 bits per heavy atom. The summed E-state index contributed by atoms with van der Waals surface area (Å²) < 4.78 is 5.68. The van der Waals surface area contributed by atoms with Crippen LogP contribution in [0.1, 0.15) is 39.5 Å². The zero-order valence-corrected chi connectivity index (χ0v) is 12.0. The largest absolute Gasteiger partial charge is 0.381 e. The highest BCUT2D eigenvalue weighted by molar-refractivity contribution is 5.85. The number of likely N-dealkylation sites (tertiary alicyclic amines) is 1. The van der Waals surface area contributed by atoms with Gasteiger partial charge in [-0.05, 0) is 46.1 Å². The van der Waals surface area contributed by atoms with Crippen LogP contribution in [0.5, 0.6) is 0 Å². The van der Waals surface area contributed by atoms with Gasteiger partial charge in [-0.15, -0.1) is 12.4 Å². The predicted molar refractivity (Wildman–Crippen MR) is 73.7 cm³/mol. The van der Waals surface area contributed by atoms with Crippen LogP contribution in [-0.4, -0.2) is 43.3 Å². The van der Waals surface area contributed by atoms with Crippen LogP contribution in [0.3, 0.4) is 0 Å². The number of halogens is 1. The Bertz CT molecular complexity index is 229. The lowest BCUT2D eigenvalue weighted by Gasteiger charge is -2.46. The molecule has 17 heavy (non-hydrogen) atoms. The molecular formula is C13H27ClN2O. The van der Waals surface area contributed by atoms with Crippen molar-refractivity contribution in [3.8, 4) is 0 Å². The van der Waals surface area contributed by atoms with E-state index in [1.807, 2.05) is 0 Å². The highest BCUT2D eigenvalue weighted by atomic mass is 35.5. The Hall–Kier alpha value is 0.170. The van der Waals surface area contributed by atoms with Gasteiger partial charge in [0.2, 0.25) is 0 Å².